The summed E-state index contributed by atoms with van der Waals surface area (Å²) in [7, 11) is -2.10. The van der Waals surface area contributed by atoms with E-state index in [1.54, 1.807) is 12.1 Å². The van der Waals surface area contributed by atoms with Crippen LogP contribution in [0.25, 0.3) is 11.4 Å². The smallest absolute Gasteiger partial charge is 0.240 e. The van der Waals surface area contributed by atoms with Gasteiger partial charge in [0.25, 0.3) is 0 Å². The van der Waals surface area contributed by atoms with Gasteiger partial charge in [-0.1, -0.05) is 45.2 Å². The summed E-state index contributed by atoms with van der Waals surface area (Å²) in [6.45, 7) is 5.91. The minimum absolute atomic E-state index is 0.00744. The minimum Gasteiger partial charge on any atom is -0.496 e. The predicted octanol–water partition coefficient (Wildman–Crippen LogP) is 3.65. The molecule has 0 unspecified atom stereocenters. The third kappa shape index (κ3) is 4.50. The van der Waals surface area contributed by atoms with Crippen LogP contribution in [0.15, 0.2) is 27.6 Å². The van der Waals surface area contributed by atoms with Crippen molar-refractivity contribution in [1.82, 2.24) is 14.9 Å². The van der Waals surface area contributed by atoms with E-state index < -0.39 is 10.0 Å². The molecule has 2 aromatic rings. The number of benzene rings is 1. The fourth-order valence-electron chi connectivity index (χ4n) is 3.17. The molecule has 0 saturated heterocycles. The molecule has 1 N–H and O–H groups in total. The fourth-order valence-corrected chi connectivity index (χ4v) is 4.51. The van der Waals surface area contributed by atoms with Crippen LogP contribution in [0.2, 0.25) is 0 Å². The van der Waals surface area contributed by atoms with E-state index in [9.17, 15) is 8.42 Å². The molecule has 1 saturated carbocycles. The van der Waals surface area contributed by atoms with Crippen molar-refractivity contribution in [2.45, 2.75) is 69.2 Å². The fraction of sp³-hybridized carbons (Fsp3) is 0.579. The first-order chi connectivity index (χ1) is 12.7. The van der Waals surface area contributed by atoms with Crippen LogP contribution in [0.3, 0.4) is 0 Å². The molecule has 27 heavy (non-hydrogen) atoms. The Labute approximate surface area is 160 Å². The Morgan fingerprint density at radius 3 is 2.48 bits per heavy atom. The van der Waals surface area contributed by atoms with Gasteiger partial charge < -0.3 is 9.26 Å². The third-order valence-corrected chi connectivity index (χ3v) is 6.23. The Balaban J connectivity index is 1.94. The Morgan fingerprint density at radius 2 is 1.89 bits per heavy atom. The molecular weight excluding hydrogens is 366 g/mol. The van der Waals surface area contributed by atoms with Gasteiger partial charge in [-0.2, -0.15) is 4.98 Å². The summed E-state index contributed by atoms with van der Waals surface area (Å²) >= 11 is 0. The quantitative estimate of drug-likeness (QED) is 0.833. The average molecular weight is 394 g/mol. The third-order valence-electron chi connectivity index (χ3n) is 4.72. The molecule has 0 radical (unpaired) electrons. The van der Waals surface area contributed by atoms with Crippen LogP contribution < -0.4 is 9.46 Å². The van der Waals surface area contributed by atoms with Gasteiger partial charge in [-0.15, -0.1) is 0 Å². The highest BCUT2D eigenvalue weighted by atomic mass is 32.2. The van der Waals surface area contributed by atoms with E-state index >= 15 is 0 Å². The Bertz CT molecular complexity index is 894. The molecule has 1 aliphatic rings. The number of hydrogen-bond donors (Lipinski definition) is 1. The molecular formula is C19H27N3O4S. The maximum absolute atomic E-state index is 12.8. The van der Waals surface area contributed by atoms with Crippen molar-refractivity contribution >= 4 is 10.0 Å². The lowest BCUT2D eigenvalue weighted by Crippen LogP contribution is -2.36. The van der Waals surface area contributed by atoms with Crippen LogP contribution >= 0.6 is 0 Å². The van der Waals surface area contributed by atoms with Gasteiger partial charge in [0, 0.05) is 11.5 Å². The van der Waals surface area contributed by atoms with Crippen LogP contribution in [-0.2, 0) is 15.4 Å². The molecule has 0 atom stereocenters. The summed E-state index contributed by atoms with van der Waals surface area (Å²) in [5, 5.41) is 4.02. The van der Waals surface area contributed by atoms with Crippen LogP contribution in [-0.4, -0.2) is 31.7 Å². The zero-order valence-corrected chi connectivity index (χ0v) is 17.1. The molecule has 1 fully saturated rings. The average Bonchev–Trinajstić information content (AvgIpc) is 3.12. The van der Waals surface area contributed by atoms with E-state index in [1.807, 2.05) is 20.8 Å². The number of methoxy groups -OCH3 is 1. The topological polar surface area (TPSA) is 94.3 Å². The number of rotatable bonds is 5. The van der Waals surface area contributed by atoms with Gasteiger partial charge in [0.2, 0.25) is 21.7 Å². The number of hydrogen-bond acceptors (Lipinski definition) is 6. The number of ether oxygens (including phenoxy) is 1. The maximum atomic E-state index is 12.8. The van der Waals surface area contributed by atoms with Crippen molar-refractivity contribution in [3.63, 3.8) is 0 Å². The standard InChI is InChI=1S/C19H27N3O4S/c1-19(2,3)18-20-17(21-26-18)15-12-14(10-11-16(15)25-4)27(23,24)22-13-8-6-5-7-9-13/h10-13,22H,5-9H2,1-4H3. The second-order valence-corrected chi connectivity index (χ2v) is 9.71. The highest BCUT2D eigenvalue weighted by Crippen LogP contribution is 2.32. The number of aromatic nitrogens is 2. The van der Waals surface area contributed by atoms with Gasteiger partial charge in [0.1, 0.15) is 5.75 Å². The first-order valence-corrected chi connectivity index (χ1v) is 10.7. The lowest BCUT2D eigenvalue weighted by atomic mass is 9.96. The van der Waals surface area contributed by atoms with Crippen LogP contribution in [0.5, 0.6) is 5.75 Å². The number of sulfonamides is 1. The van der Waals surface area contributed by atoms with E-state index in [2.05, 4.69) is 14.9 Å². The van der Waals surface area contributed by atoms with E-state index in [4.69, 9.17) is 9.26 Å². The van der Waals surface area contributed by atoms with Crippen molar-refractivity contribution in [2.75, 3.05) is 7.11 Å². The van der Waals surface area contributed by atoms with Gasteiger partial charge in [-0.3, -0.25) is 0 Å². The highest BCUT2D eigenvalue weighted by Gasteiger charge is 2.26. The maximum Gasteiger partial charge on any atom is 0.240 e. The van der Waals surface area contributed by atoms with Crippen LogP contribution in [0, 0.1) is 0 Å². The van der Waals surface area contributed by atoms with Crippen molar-refractivity contribution in [1.29, 1.82) is 0 Å². The van der Waals surface area contributed by atoms with Crippen molar-refractivity contribution in [3.05, 3.63) is 24.1 Å². The number of nitrogens with zero attached hydrogens (tertiary/aromatic N) is 2. The molecule has 1 heterocycles. The van der Waals surface area contributed by atoms with Gasteiger partial charge in [-0.05, 0) is 31.0 Å². The summed E-state index contributed by atoms with van der Waals surface area (Å²) in [5.41, 5.74) is 0.188. The van der Waals surface area contributed by atoms with Gasteiger partial charge in [0.05, 0.1) is 17.6 Å². The summed E-state index contributed by atoms with van der Waals surface area (Å²) < 4.78 is 39.2. The Hall–Kier alpha value is -1.93. The zero-order chi connectivity index (χ0) is 19.7. The molecule has 1 aliphatic carbocycles. The molecule has 7 nitrogen and oxygen atoms in total. The lowest BCUT2D eigenvalue weighted by Gasteiger charge is -2.22. The number of nitrogens with one attached hydrogen (secondary N) is 1. The molecule has 0 amide bonds. The van der Waals surface area contributed by atoms with E-state index in [1.165, 1.54) is 19.6 Å². The molecule has 3 rings (SSSR count). The van der Waals surface area contributed by atoms with Crippen molar-refractivity contribution < 1.29 is 17.7 Å². The highest BCUT2D eigenvalue weighted by molar-refractivity contribution is 7.89. The molecule has 0 bridgehead atoms. The van der Waals surface area contributed by atoms with Gasteiger partial charge in [-0.25, -0.2) is 13.1 Å². The second kappa shape index (κ2) is 7.59. The Kier molecular flexibility index (Phi) is 5.58. The Morgan fingerprint density at radius 1 is 1.19 bits per heavy atom. The van der Waals surface area contributed by atoms with E-state index in [-0.39, 0.29) is 16.4 Å². The largest absolute Gasteiger partial charge is 0.496 e. The first-order valence-electron chi connectivity index (χ1n) is 9.25. The van der Waals surface area contributed by atoms with Crippen molar-refractivity contribution in [2.24, 2.45) is 0 Å². The molecule has 0 aliphatic heterocycles. The van der Waals surface area contributed by atoms with Crippen LogP contribution in [0.4, 0.5) is 0 Å². The molecule has 8 heteroatoms. The normalized spacial score (nSPS) is 16.4. The van der Waals surface area contributed by atoms with Crippen LogP contribution in [0.1, 0.15) is 58.8 Å². The lowest BCUT2D eigenvalue weighted by molar-refractivity contribution is 0.321. The summed E-state index contributed by atoms with van der Waals surface area (Å²) in [6.07, 6.45) is 5.03. The molecule has 148 valence electrons. The minimum atomic E-state index is -3.63. The SMILES string of the molecule is COc1ccc(S(=O)(=O)NC2CCCCC2)cc1-c1noc(C(C)(C)C)n1. The monoisotopic (exact) mass is 393 g/mol. The molecule has 1 aromatic heterocycles. The van der Waals surface area contributed by atoms with Crippen molar-refractivity contribution in [3.8, 4) is 17.1 Å². The zero-order valence-electron chi connectivity index (χ0n) is 16.3. The summed E-state index contributed by atoms with van der Waals surface area (Å²) in [6, 6.07) is 4.70. The summed E-state index contributed by atoms with van der Waals surface area (Å²) in [5.74, 6) is 1.28. The van der Waals surface area contributed by atoms with E-state index in [0.717, 1.165) is 25.7 Å². The molecule has 0 spiro atoms. The molecule has 1 aromatic carbocycles. The van der Waals surface area contributed by atoms with E-state index in [0.29, 0.717) is 23.0 Å². The first kappa shape index (κ1) is 19.8. The van der Waals surface area contributed by atoms with Gasteiger partial charge in [0.15, 0.2) is 0 Å². The van der Waals surface area contributed by atoms with Gasteiger partial charge >= 0.3 is 0 Å². The predicted molar refractivity (Wildman–Crippen MR) is 102 cm³/mol. The summed E-state index contributed by atoms with van der Waals surface area (Å²) in [4.78, 5) is 4.60. The second-order valence-electron chi connectivity index (χ2n) is 7.99.